The second-order valence-electron chi connectivity index (χ2n) is 5.27. The average Bonchev–Trinajstić information content (AvgIpc) is 2.54. The van der Waals surface area contributed by atoms with Crippen LogP contribution in [0, 0.1) is 5.82 Å². The van der Waals surface area contributed by atoms with Crippen LogP contribution < -0.4 is 10.6 Å². The topological polar surface area (TPSA) is 58.2 Å². The summed E-state index contributed by atoms with van der Waals surface area (Å²) in [7, 11) is 0. The highest BCUT2D eigenvalue weighted by Gasteiger charge is 2.16. The van der Waals surface area contributed by atoms with Crippen molar-refractivity contribution < 1.29 is 14.0 Å². The molecule has 2 aromatic rings. The van der Waals surface area contributed by atoms with Crippen molar-refractivity contribution in [1.29, 1.82) is 0 Å². The van der Waals surface area contributed by atoms with E-state index in [1.165, 1.54) is 19.1 Å². The third-order valence-electron chi connectivity index (χ3n) is 3.37. The molecule has 0 unspecified atom stereocenters. The smallest absolute Gasteiger partial charge is 0.222 e. The number of rotatable bonds is 6. The highest BCUT2D eigenvalue weighted by Crippen LogP contribution is 2.16. The molecule has 5 heteroatoms. The lowest BCUT2D eigenvalue weighted by molar-refractivity contribution is -0.122. The first-order valence-corrected chi connectivity index (χ1v) is 7.38. The number of amides is 2. The van der Waals surface area contributed by atoms with Crippen LogP contribution in [0.2, 0.25) is 0 Å². The van der Waals surface area contributed by atoms with Gasteiger partial charge in [0.15, 0.2) is 0 Å². The molecule has 0 aliphatic carbocycles. The Morgan fingerprint density at radius 1 is 1.04 bits per heavy atom. The Hall–Kier alpha value is -2.69. The molecule has 0 saturated carbocycles. The molecule has 0 aromatic heterocycles. The van der Waals surface area contributed by atoms with Gasteiger partial charge in [-0.2, -0.15) is 0 Å². The average molecular weight is 314 g/mol. The van der Waals surface area contributed by atoms with Gasteiger partial charge in [0.25, 0.3) is 0 Å². The summed E-state index contributed by atoms with van der Waals surface area (Å²) < 4.78 is 12.8. The van der Waals surface area contributed by atoms with Crippen molar-refractivity contribution in [1.82, 2.24) is 10.6 Å². The summed E-state index contributed by atoms with van der Waals surface area (Å²) in [5.41, 5.74) is 1.69. The van der Waals surface area contributed by atoms with E-state index >= 15 is 0 Å². The fourth-order valence-corrected chi connectivity index (χ4v) is 2.24. The van der Waals surface area contributed by atoms with Crippen molar-refractivity contribution in [2.24, 2.45) is 0 Å². The van der Waals surface area contributed by atoms with Gasteiger partial charge in [0.1, 0.15) is 5.82 Å². The second-order valence-corrected chi connectivity index (χ2v) is 5.27. The maximum Gasteiger partial charge on any atom is 0.222 e. The molecule has 120 valence electrons. The van der Waals surface area contributed by atoms with E-state index in [1.807, 2.05) is 30.3 Å². The lowest BCUT2D eigenvalue weighted by atomic mass is 10.0. The Balaban J connectivity index is 1.94. The quantitative estimate of drug-likeness (QED) is 0.861. The zero-order chi connectivity index (χ0) is 16.7. The third-order valence-corrected chi connectivity index (χ3v) is 3.37. The fraction of sp³-hybridized carbons (Fsp3) is 0.222. The summed E-state index contributed by atoms with van der Waals surface area (Å²) in [5, 5.41) is 5.56. The maximum absolute atomic E-state index is 12.8. The van der Waals surface area contributed by atoms with Gasteiger partial charge >= 0.3 is 0 Å². The summed E-state index contributed by atoms with van der Waals surface area (Å²) >= 11 is 0. The van der Waals surface area contributed by atoms with Crippen LogP contribution >= 0.6 is 0 Å². The van der Waals surface area contributed by atoms with E-state index in [4.69, 9.17) is 0 Å². The Kier molecular flexibility index (Phi) is 5.86. The Morgan fingerprint density at radius 2 is 1.70 bits per heavy atom. The molecule has 0 bridgehead atoms. The molecule has 0 spiro atoms. The predicted octanol–water partition coefficient (Wildman–Crippen LogP) is 2.71. The normalized spacial score (nSPS) is 11.6. The standard InChI is InChI=1S/C18H19FN2O2/c1-13(22)21-17(15-5-3-2-4-6-15)11-18(23)20-12-14-7-9-16(19)10-8-14/h2-10,17H,11-12H2,1H3,(H,20,23)(H,21,22)/t17-/m0/s1. The Morgan fingerprint density at radius 3 is 2.30 bits per heavy atom. The molecule has 0 saturated heterocycles. The molecular weight excluding hydrogens is 295 g/mol. The molecule has 0 heterocycles. The number of carbonyl (C=O) groups is 2. The SMILES string of the molecule is CC(=O)N[C@@H](CC(=O)NCc1ccc(F)cc1)c1ccccc1. The third kappa shape index (κ3) is 5.54. The fourth-order valence-electron chi connectivity index (χ4n) is 2.24. The number of hydrogen-bond donors (Lipinski definition) is 2. The van der Waals surface area contributed by atoms with Crippen molar-refractivity contribution in [3.63, 3.8) is 0 Å². The van der Waals surface area contributed by atoms with Crippen LogP contribution in [0.15, 0.2) is 54.6 Å². The lowest BCUT2D eigenvalue weighted by Crippen LogP contribution is -2.32. The number of carbonyl (C=O) groups excluding carboxylic acids is 2. The van der Waals surface area contributed by atoms with Gasteiger partial charge in [-0.1, -0.05) is 42.5 Å². The van der Waals surface area contributed by atoms with E-state index in [2.05, 4.69) is 10.6 Å². The molecule has 0 aliphatic heterocycles. The van der Waals surface area contributed by atoms with Crippen LogP contribution in [-0.2, 0) is 16.1 Å². The minimum absolute atomic E-state index is 0.144. The first kappa shape index (κ1) is 16.7. The van der Waals surface area contributed by atoms with Crippen molar-refractivity contribution in [2.45, 2.75) is 25.9 Å². The van der Waals surface area contributed by atoms with Crippen LogP contribution in [0.4, 0.5) is 4.39 Å². The van der Waals surface area contributed by atoms with Crippen LogP contribution in [0.25, 0.3) is 0 Å². The van der Waals surface area contributed by atoms with E-state index in [0.29, 0.717) is 6.54 Å². The van der Waals surface area contributed by atoms with Crippen LogP contribution in [0.3, 0.4) is 0 Å². The van der Waals surface area contributed by atoms with Gasteiger partial charge < -0.3 is 10.6 Å². The van der Waals surface area contributed by atoms with Gasteiger partial charge in [0.2, 0.25) is 11.8 Å². The lowest BCUT2D eigenvalue weighted by Gasteiger charge is -2.18. The Bertz CT molecular complexity index is 656. The van der Waals surface area contributed by atoms with E-state index in [9.17, 15) is 14.0 Å². The van der Waals surface area contributed by atoms with E-state index in [-0.39, 0.29) is 30.1 Å². The van der Waals surface area contributed by atoms with Gasteiger partial charge in [-0.15, -0.1) is 0 Å². The molecule has 2 amide bonds. The van der Waals surface area contributed by atoms with E-state index in [0.717, 1.165) is 11.1 Å². The van der Waals surface area contributed by atoms with Crippen molar-refractivity contribution in [3.8, 4) is 0 Å². The van der Waals surface area contributed by atoms with Gasteiger partial charge in [0, 0.05) is 13.5 Å². The van der Waals surface area contributed by atoms with Crippen LogP contribution in [-0.4, -0.2) is 11.8 Å². The molecule has 2 N–H and O–H groups in total. The number of hydrogen-bond acceptors (Lipinski definition) is 2. The molecule has 4 nitrogen and oxygen atoms in total. The molecule has 2 rings (SSSR count). The van der Waals surface area contributed by atoms with Gasteiger partial charge in [-0.05, 0) is 23.3 Å². The van der Waals surface area contributed by atoms with Gasteiger partial charge in [-0.25, -0.2) is 4.39 Å². The van der Waals surface area contributed by atoms with Crippen molar-refractivity contribution in [2.75, 3.05) is 0 Å². The molecule has 23 heavy (non-hydrogen) atoms. The molecule has 0 radical (unpaired) electrons. The summed E-state index contributed by atoms with van der Waals surface area (Å²) in [6.07, 6.45) is 0.144. The summed E-state index contributed by atoms with van der Waals surface area (Å²) in [4.78, 5) is 23.5. The minimum Gasteiger partial charge on any atom is -0.352 e. The predicted molar refractivity (Wildman–Crippen MR) is 85.9 cm³/mol. The maximum atomic E-state index is 12.8. The molecular formula is C18H19FN2O2. The Labute approximate surface area is 134 Å². The van der Waals surface area contributed by atoms with Gasteiger partial charge in [-0.3, -0.25) is 9.59 Å². The van der Waals surface area contributed by atoms with E-state index < -0.39 is 0 Å². The molecule has 0 aliphatic rings. The zero-order valence-corrected chi connectivity index (χ0v) is 12.9. The van der Waals surface area contributed by atoms with Crippen molar-refractivity contribution >= 4 is 11.8 Å². The van der Waals surface area contributed by atoms with Crippen LogP contribution in [0.5, 0.6) is 0 Å². The zero-order valence-electron chi connectivity index (χ0n) is 12.9. The summed E-state index contributed by atoms with van der Waals surface area (Å²) in [6, 6.07) is 14.9. The molecule has 2 aromatic carbocycles. The second kappa shape index (κ2) is 8.08. The van der Waals surface area contributed by atoms with E-state index in [1.54, 1.807) is 12.1 Å². The number of halogens is 1. The minimum atomic E-state index is -0.373. The van der Waals surface area contributed by atoms with Crippen molar-refractivity contribution in [3.05, 3.63) is 71.5 Å². The summed E-state index contributed by atoms with van der Waals surface area (Å²) in [5.74, 6) is -0.683. The van der Waals surface area contributed by atoms with Gasteiger partial charge in [0.05, 0.1) is 12.5 Å². The van der Waals surface area contributed by atoms with Crippen LogP contribution in [0.1, 0.15) is 30.5 Å². The number of nitrogens with one attached hydrogen (secondary N) is 2. The molecule has 0 fully saturated rings. The first-order valence-electron chi connectivity index (χ1n) is 7.38. The first-order chi connectivity index (χ1) is 11.0. The summed E-state index contributed by atoms with van der Waals surface area (Å²) in [6.45, 7) is 1.74. The largest absolute Gasteiger partial charge is 0.352 e. The highest BCUT2D eigenvalue weighted by molar-refractivity contribution is 5.79. The monoisotopic (exact) mass is 314 g/mol. The molecule has 1 atom stereocenters. The highest BCUT2D eigenvalue weighted by atomic mass is 19.1. The number of benzene rings is 2.